The van der Waals surface area contributed by atoms with Crippen LogP contribution in [0.5, 0.6) is 0 Å². The standard InChI is InChI=1S/C16H23F3N2O3S/c1-12(2)15(21-6-8-24-9-7-21)11-20-25(22,23)14-5-3-4-13(10-14)16(17,18)19/h3-5,10,12,15,20H,6-9,11H2,1-2H3. The third kappa shape index (κ3) is 5.40. The topological polar surface area (TPSA) is 58.6 Å². The zero-order valence-electron chi connectivity index (χ0n) is 14.2. The summed E-state index contributed by atoms with van der Waals surface area (Å²) in [6.45, 7) is 6.68. The van der Waals surface area contributed by atoms with Crippen molar-refractivity contribution in [3.8, 4) is 0 Å². The van der Waals surface area contributed by atoms with Crippen molar-refractivity contribution in [2.45, 2.75) is 31.0 Å². The second kappa shape index (κ2) is 8.03. The zero-order valence-corrected chi connectivity index (χ0v) is 15.0. The number of rotatable bonds is 6. The minimum absolute atomic E-state index is 0.0514. The van der Waals surface area contributed by atoms with Gasteiger partial charge in [0.2, 0.25) is 10.0 Å². The van der Waals surface area contributed by atoms with E-state index in [0.29, 0.717) is 32.4 Å². The molecule has 1 saturated heterocycles. The third-order valence-corrected chi connectivity index (χ3v) is 5.66. The molecule has 25 heavy (non-hydrogen) atoms. The molecule has 1 fully saturated rings. The lowest BCUT2D eigenvalue weighted by Crippen LogP contribution is -2.51. The number of ether oxygens (including phenoxy) is 1. The summed E-state index contributed by atoms with van der Waals surface area (Å²) in [7, 11) is -4.02. The summed E-state index contributed by atoms with van der Waals surface area (Å²) in [6.07, 6.45) is -4.58. The number of nitrogens with one attached hydrogen (secondary N) is 1. The molecule has 1 aliphatic rings. The van der Waals surface area contributed by atoms with E-state index in [-0.39, 0.29) is 23.4 Å². The van der Waals surface area contributed by atoms with E-state index in [0.717, 1.165) is 18.2 Å². The van der Waals surface area contributed by atoms with Crippen molar-refractivity contribution in [3.05, 3.63) is 29.8 Å². The van der Waals surface area contributed by atoms with Crippen LogP contribution in [-0.2, 0) is 20.9 Å². The number of benzene rings is 1. The first-order chi connectivity index (χ1) is 11.6. The maximum atomic E-state index is 12.8. The largest absolute Gasteiger partial charge is 0.416 e. The SMILES string of the molecule is CC(C)C(CNS(=O)(=O)c1cccc(C(F)(F)F)c1)N1CCOCC1. The van der Waals surface area contributed by atoms with E-state index in [1.54, 1.807) is 0 Å². The number of hydrogen-bond acceptors (Lipinski definition) is 4. The van der Waals surface area contributed by atoms with Gasteiger partial charge in [-0.1, -0.05) is 19.9 Å². The van der Waals surface area contributed by atoms with Crippen LogP contribution in [0.4, 0.5) is 13.2 Å². The van der Waals surface area contributed by atoms with Gasteiger partial charge in [-0.15, -0.1) is 0 Å². The Kier molecular flexibility index (Phi) is 6.47. The number of halogens is 3. The molecule has 1 aliphatic heterocycles. The van der Waals surface area contributed by atoms with Gasteiger partial charge in [0.05, 0.1) is 23.7 Å². The van der Waals surface area contributed by atoms with Crippen LogP contribution in [0.3, 0.4) is 0 Å². The average Bonchev–Trinajstić information content (AvgIpc) is 2.55. The van der Waals surface area contributed by atoms with E-state index in [1.165, 1.54) is 0 Å². The Hall–Kier alpha value is -1.16. The highest BCUT2D eigenvalue weighted by molar-refractivity contribution is 7.89. The Bertz CT molecular complexity index is 671. The van der Waals surface area contributed by atoms with Crippen LogP contribution in [0.15, 0.2) is 29.2 Å². The van der Waals surface area contributed by atoms with Crippen molar-refractivity contribution in [2.75, 3.05) is 32.8 Å². The van der Waals surface area contributed by atoms with E-state index in [9.17, 15) is 21.6 Å². The lowest BCUT2D eigenvalue weighted by molar-refractivity contribution is -0.137. The molecular weight excluding hydrogens is 357 g/mol. The van der Waals surface area contributed by atoms with Crippen molar-refractivity contribution >= 4 is 10.0 Å². The minimum Gasteiger partial charge on any atom is -0.379 e. The molecule has 1 unspecified atom stereocenters. The summed E-state index contributed by atoms with van der Waals surface area (Å²) in [5.74, 6) is 0.183. The van der Waals surface area contributed by atoms with Crippen LogP contribution in [-0.4, -0.2) is 52.2 Å². The molecule has 0 radical (unpaired) electrons. The summed E-state index contributed by atoms with van der Waals surface area (Å²) in [5.41, 5.74) is -0.982. The molecule has 142 valence electrons. The van der Waals surface area contributed by atoms with Crippen LogP contribution in [0.1, 0.15) is 19.4 Å². The minimum atomic E-state index is -4.58. The quantitative estimate of drug-likeness (QED) is 0.823. The second-order valence-electron chi connectivity index (χ2n) is 6.34. The molecule has 2 rings (SSSR count). The lowest BCUT2D eigenvalue weighted by atomic mass is 10.0. The summed E-state index contributed by atoms with van der Waals surface area (Å²) < 4.78 is 70.9. The van der Waals surface area contributed by atoms with Gasteiger partial charge in [-0.3, -0.25) is 4.90 Å². The van der Waals surface area contributed by atoms with E-state index in [4.69, 9.17) is 4.74 Å². The molecule has 1 N–H and O–H groups in total. The number of hydrogen-bond donors (Lipinski definition) is 1. The molecule has 1 atom stereocenters. The molecule has 0 aliphatic carbocycles. The van der Waals surface area contributed by atoms with Gasteiger partial charge in [0.25, 0.3) is 0 Å². The van der Waals surface area contributed by atoms with Crippen LogP contribution in [0.2, 0.25) is 0 Å². The lowest BCUT2D eigenvalue weighted by Gasteiger charge is -2.36. The number of morpholine rings is 1. The summed E-state index contributed by atoms with van der Waals surface area (Å²) in [4.78, 5) is 1.76. The van der Waals surface area contributed by atoms with Gasteiger partial charge < -0.3 is 4.74 Å². The predicted octanol–water partition coefficient (Wildman–Crippen LogP) is 2.34. The fraction of sp³-hybridized carbons (Fsp3) is 0.625. The molecule has 0 aromatic heterocycles. The number of sulfonamides is 1. The fourth-order valence-corrected chi connectivity index (χ4v) is 3.91. The normalized spacial score (nSPS) is 18.5. The Morgan fingerprint density at radius 1 is 1.24 bits per heavy atom. The maximum Gasteiger partial charge on any atom is 0.416 e. The second-order valence-corrected chi connectivity index (χ2v) is 8.10. The highest BCUT2D eigenvalue weighted by Gasteiger charge is 2.32. The molecular formula is C16H23F3N2O3S. The van der Waals surface area contributed by atoms with Crippen molar-refractivity contribution in [3.63, 3.8) is 0 Å². The maximum absolute atomic E-state index is 12.8. The first kappa shape index (κ1) is 20.2. The van der Waals surface area contributed by atoms with Gasteiger partial charge in [0.15, 0.2) is 0 Å². The van der Waals surface area contributed by atoms with Crippen LogP contribution >= 0.6 is 0 Å². The van der Waals surface area contributed by atoms with Gasteiger partial charge in [-0.2, -0.15) is 13.2 Å². The molecule has 1 heterocycles. The van der Waals surface area contributed by atoms with Crippen LogP contribution < -0.4 is 4.72 Å². The highest BCUT2D eigenvalue weighted by Crippen LogP contribution is 2.30. The van der Waals surface area contributed by atoms with Crippen molar-refractivity contribution < 1.29 is 26.3 Å². The van der Waals surface area contributed by atoms with Gasteiger partial charge in [-0.25, -0.2) is 13.1 Å². The van der Waals surface area contributed by atoms with Gasteiger partial charge in [0, 0.05) is 25.7 Å². The first-order valence-electron chi connectivity index (χ1n) is 8.10. The van der Waals surface area contributed by atoms with Crippen molar-refractivity contribution in [1.82, 2.24) is 9.62 Å². The molecule has 1 aromatic carbocycles. The van der Waals surface area contributed by atoms with E-state index < -0.39 is 21.8 Å². The molecule has 9 heteroatoms. The van der Waals surface area contributed by atoms with Crippen LogP contribution in [0, 0.1) is 5.92 Å². The summed E-state index contributed by atoms with van der Waals surface area (Å²) in [6, 6.07) is 3.71. The van der Waals surface area contributed by atoms with E-state index >= 15 is 0 Å². The Morgan fingerprint density at radius 3 is 2.44 bits per heavy atom. The Morgan fingerprint density at radius 2 is 1.88 bits per heavy atom. The predicted molar refractivity (Wildman–Crippen MR) is 87.7 cm³/mol. The zero-order chi connectivity index (χ0) is 18.7. The number of alkyl halides is 3. The molecule has 0 bridgehead atoms. The first-order valence-corrected chi connectivity index (χ1v) is 9.58. The van der Waals surface area contributed by atoms with Crippen molar-refractivity contribution in [2.24, 2.45) is 5.92 Å². The Labute approximate surface area is 146 Å². The van der Waals surface area contributed by atoms with E-state index in [2.05, 4.69) is 9.62 Å². The molecule has 5 nitrogen and oxygen atoms in total. The molecule has 0 saturated carbocycles. The van der Waals surface area contributed by atoms with E-state index in [1.807, 2.05) is 13.8 Å². The van der Waals surface area contributed by atoms with Gasteiger partial charge >= 0.3 is 6.18 Å². The fourth-order valence-electron chi connectivity index (χ4n) is 2.81. The van der Waals surface area contributed by atoms with Gasteiger partial charge in [-0.05, 0) is 24.1 Å². The average molecular weight is 380 g/mol. The van der Waals surface area contributed by atoms with Crippen LogP contribution in [0.25, 0.3) is 0 Å². The molecule has 0 spiro atoms. The summed E-state index contributed by atoms with van der Waals surface area (Å²) in [5, 5.41) is 0. The van der Waals surface area contributed by atoms with Gasteiger partial charge in [0.1, 0.15) is 0 Å². The Balaban J connectivity index is 2.12. The van der Waals surface area contributed by atoms with Crippen molar-refractivity contribution in [1.29, 1.82) is 0 Å². The smallest absolute Gasteiger partial charge is 0.379 e. The highest BCUT2D eigenvalue weighted by atomic mass is 32.2. The third-order valence-electron chi connectivity index (χ3n) is 4.24. The molecule has 1 aromatic rings. The summed E-state index contributed by atoms with van der Waals surface area (Å²) >= 11 is 0. The molecule has 0 amide bonds. The number of nitrogens with zero attached hydrogens (tertiary/aromatic N) is 1. The monoisotopic (exact) mass is 380 g/mol.